The van der Waals surface area contributed by atoms with Gasteiger partial charge in [-0.05, 0) is 36.1 Å². The van der Waals surface area contributed by atoms with E-state index in [1.54, 1.807) is 14.2 Å². The van der Waals surface area contributed by atoms with Crippen molar-refractivity contribution in [3.05, 3.63) is 64.7 Å². The van der Waals surface area contributed by atoms with Gasteiger partial charge in [0.05, 0.1) is 38.2 Å². The fourth-order valence-electron chi connectivity index (χ4n) is 4.14. The molecule has 0 amide bonds. The molecular formula is C23H25N3O2. The van der Waals surface area contributed by atoms with Crippen LogP contribution in [0.1, 0.15) is 16.7 Å². The second-order valence-electron chi connectivity index (χ2n) is 7.25. The lowest BCUT2D eigenvalue weighted by molar-refractivity contribution is 0.176. The summed E-state index contributed by atoms with van der Waals surface area (Å²) in [6, 6.07) is 17.1. The Hall–Kier alpha value is -2.97. The second kappa shape index (κ2) is 7.95. The molecule has 0 N–H and O–H groups in total. The minimum Gasteiger partial charge on any atom is -0.493 e. The van der Waals surface area contributed by atoms with Crippen LogP contribution in [0.4, 0.5) is 0 Å². The Balaban J connectivity index is 1.62. The first kappa shape index (κ1) is 18.4. The minimum atomic E-state index is 0.683. The van der Waals surface area contributed by atoms with Crippen LogP contribution in [0.5, 0.6) is 11.5 Å². The number of hydrogen-bond acceptors (Lipinski definition) is 5. The summed E-state index contributed by atoms with van der Waals surface area (Å²) < 4.78 is 11.0. The normalized spacial score (nSPS) is 16.2. The summed E-state index contributed by atoms with van der Waals surface area (Å²) in [5.41, 5.74) is 5.53. The Labute approximate surface area is 166 Å². The molecule has 5 heteroatoms. The van der Waals surface area contributed by atoms with E-state index in [-0.39, 0.29) is 0 Å². The van der Waals surface area contributed by atoms with Gasteiger partial charge in [0.15, 0.2) is 11.5 Å². The molecule has 0 radical (unpaired) electrons. The van der Waals surface area contributed by atoms with Gasteiger partial charge in [-0.1, -0.05) is 30.3 Å². The number of methoxy groups -OCH3 is 2. The van der Waals surface area contributed by atoms with Crippen molar-refractivity contribution in [3.8, 4) is 17.6 Å². The van der Waals surface area contributed by atoms with Crippen LogP contribution in [0.15, 0.2) is 48.0 Å². The molecule has 0 bridgehead atoms. The predicted octanol–water partition coefficient (Wildman–Crippen LogP) is 3.31. The molecule has 5 nitrogen and oxygen atoms in total. The van der Waals surface area contributed by atoms with Gasteiger partial charge in [0, 0.05) is 25.2 Å². The van der Waals surface area contributed by atoms with Crippen molar-refractivity contribution in [1.29, 1.82) is 5.26 Å². The fourth-order valence-corrected chi connectivity index (χ4v) is 4.14. The first-order valence-corrected chi connectivity index (χ1v) is 9.63. The Morgan fingerprint density at radius 3 is 2.54 bits per heavy atom. The molecule has 2 aliphatic rings. The first-order chi connectivity index (χ1) is 13.7. The van der Waals surface area contributed by atoms with E-state index in [0.717, 1.165) is 55.2 Å². The summed E-state index contributed by atoms with van der Waals surface area (Å²) in [7, 11) is 3.31. The molecule has 0 saturated heterocycles. The average Bonchev–Trinajstić information content (AvgIpc) is 2.76. The van der Waals surface area contributed by atoms with Gasteiger partial charge in [0.25, 0.3) is 0 Å². The Bertz CT molecular complexity index is 931. The zero-order chi connectivity index (χ0) is 19.5. The molecule has 0 unspecified atom stereocenters. The van der Waals surface area contributed by atoms with Gasteiger partial charge in [-0.2, -0.15) is 5.26 Å². The van der Waals surface area contributed by atoms with E-state index in [9.17, 15) is 5.26 Å². The van der Waals surface area contributed by atoms with Crippen molar-refractivity contribution >= 4 is 5.70 Å². The lowest BCUT2D eigenvalue weighted by atomic mass is 9.92. The third-order valence-corrected chi connectivity index (χ3v) is 5.56. The molecular weight excluding hydrogens is 350 g/mol. The van der Waals surface area contributed by atoms with Crippen LogP contribution >= 0.6 is 0 Å². The van der Waals surface area contributed by atoms with E-state index in [1.165, 1.54) is 11.1 Å². The van der Waals surface area contributed by atoms with Crippen LogP contribution < -0.4 is 9.47 Å². The van der Waals surface area contributed by atoms with Crippen molar-refractivity contribution in [2.45, 2.75) is 12.8 Å². The van der Waals surface area contributed by atoms with E-state index >= 15 is 0 Å². The van der Waals surface area contributed by atoms with Crippen LogP contribution in [0, 0.1) is 11.3 Å². The van der Waals surface area contributed by atoms with Crippen LogP contribution in [0.25, 0.3) is 5.70 Å². The molecule has 2 aromatic rings. The highest BCUT2D eigenvalue weighted by Crippen LogP contribution is 2.40. The van der Waals surface area contributed by atoms with Gasteiger partial charge >= 0.3 is 0 Å². The van der Waals surface area contributed by atoms with Gasteiger partial charge in [-0.3, -0.25) is 4.90 Å². The largest absolute Gasteiger partial charge is 0.493 e. The molecule has 4 rings (SSSR count). The van der Waals surface area contributed by atoms with Gasteiger partial charge in [-0.25, -0.2) is 0 Å². The van der Waals surface area contributed by atoms with Crippen LogP contribution in [-0.4, -0.2) is 50.3 Å². The second-order valence-corrected chi connectivity index (χ2v) is 7.25. The van der Waals surface area contributed by atoms with Crippen molar-refractivity contribution in [2.75, 3.05) is 40.5 Å². The lowest BCUT2D eigenvalue weighted by Crippen LogP contribution is -2.46. The van der Waals surface area contributed by atoms with E-state index in [1.807, 2.05) is 12.1 Å². The molecule has 28 heavy (non-hydrogen) atoms. The lowest BCUT2D eigenvalue weighted by Gasteiger charge is -2.42. The molecule has 0 fully saturated rings. The van der Waals surface area contributed by atoms with E-state index in [0.29, 0.717) is 12.3 Å². The van der Waals surface area contributed by atoms with E-state index < -0.39 is 0 Å². The molecule has 2 heterocycles. The molecule has 0 aliphatic carbocycles. The third kappa shape index (κ3) is 3.44. The molecule has 144 valence electrons. The van der Waals surface area contributed by atoms with Crippen LogP contribution in [0.3, 0.4) is 0 Å². The summed E-state index contributed by atoms with van der Waals surface area (Å²) in [4.78, 5) is 4.70. The highest BCUT2D eigenvalue weighted by Gasteiger charge is 2.31. The van der Waals surface area contributed by atoms with Crippen molar-refractivity contribution in [2.24, 2.45) is 0 Å². The van der Waals surface area contributed by atoms with Gasteiger partial charge < -0.3 is 14.4 Å². The molecule has 0 aromatic heterocycles. The molecule has 2 aromatic carbocycles. The maximum Gasteiger partial charge on any atom is 0.161 e. The van der Waals surface area contributed by atoms with Crippen LogP contribution in [-0.2, 0) is 12.8 Å². The van der Waals surface area contributed by atoms with Crippen LogP contribution in [0.2, 0.25) is 0 Å². The van der Waals surface area contributed by atoms with Gasteiger partial charge in [0.1, 0.15) is 0 Å². The minimum absolute atomic E-state index is 0.683. The summed E-state index contributed by atoms with van der Waals surface area (Å²) in [6.45, 7) is 3.38. The van der Waals surface area contributed by atoms with Gasteiger partial charge in [0.2, 0.25) is 0 Å². The fraction of sp³-hybridized carbons (Fsp3) is 0.348. The summed E-state index contributed by atoms with van der Waals surface area (Å²) in [5.74, 6) is 1.45. The Morgan fingerprint density at radius 2 is 1.82 bits per heavy atom. The molecule has 0 spiro atoms. The number of hydrogen-bond donors (Lipinski definition) is 0. The SMILES string of the molecule is COc1cc2c(cc1OC)C1=C(C#N)CN(CCc3ccccc3)CN1CC2. The monoisotopic (exact) mass is 375 g/mol. The Kier molecular flexibility index (Phi) is 5.23. The first-order valence-electron chi connectivity index (χ1n) is 9.63. The number of benzene rings is 2. The van der Waals surface area contributed by atoms with Crippen molar-refractivity contribution < 1.29 is 9.47 Å². The average molecular weight is 375 g/mol. The summed E-state index contributed by atoms with van der Waals surface area (Å²) in [6.07, 6.45) is 1.93. The van der Waals surface area contributed by atoms with Gasteiger partial charge in [-0.15, -0.1) is 0 Å². The molecule has 0 saturated carbocycles. The number of rotatable bonds is 5. The smallest absolute Gasteiger partial charge is 0.161 e. The van der Waals surface area contributed by atoms with E-state index in [2.05, 4.69) is 46.2 Å². The summed E-state index contributed by atoms with van der Waals surface area (Å²) >= 11 is 0. The van der Waals surface area contributed by atoms with Crippen molar-refractivity contribution in [3.63, 3.8) is 0 Å². The number of fused-ring (bicyclic) bond motifs is 3. The maximum atomic E-state index is 9.87. The molecule has 0 atom stereocenters. The van der Waals surface area contributed by atoms with Crippen molar-refractivity contribution in [1.82, 2.24) is 9.80 Å². The summed E-state index contributed by atoms with van der Waals surface area (Å²) in [5, 5.41) is 9.87. The maximum absolute atomic E-state index is 9.87. The number of nitriles is 1. The topological polar surface area (TPSA) is 48.7 Å². The zero-order valence-electron chi connectivity index (χ0n) is 16.4. The number of nitrogens with zero attached hydrogens (tertiary/aromatic N) is 3. The highest BCUT2D eigenvalue weighted by atomic mass is 16.5. The predicted molar refractivity (Wildman–Crippen MR) is 109 cm³/mol. The Morgan fingerprint density at radius 1 is 1.07 bits per heavy atom. The number of ether oxygens (including phenoxy) is 2. The zero-order valence-corrected chi connectivity index (χ0v) is 16.4. The highest BCUT2D eigenvalue weighted by molar-refractivity contribution is 5.77. The quantitative estimate of drug-likeness (QED) is 0.802. The van der Waals surface area contributed by atoms with E-state index in [4.69, 9.17) is 9.47 Å². The molecule has 2 aliphatic heterocycles. The standard InChI is InChI=1S/C23H25N3O2/c1-27-21-12-18-9-11-26-16-25(10-8-17-6-4-3-5-7-17)15-19(14-24)23(26)20(18)13-22(21)28-2/h3-7,12-13H,8-11,15-16H2,1-2H3. The third-order valence-electron chi connectivity index (χ3n) is 5.56.